The molecule has 2 aliphatic carbocycles. The summed E-state index contributed by atoms with van der Waals surface area (Å²) in [5.41, 5.74) is 0.286. The molecule has 1 heteroatoms. The van der Waals surface area contributed by atoms with Gasteiger partial charge >= 0.3 is 0 Å². The fourth-order valence-electron chi connectivity index (χ4n) is 4.11. The molecule has 2 aliphatic rings. The monoisotopic (exact) mass is 251 g/mol. The van der Waals surface area contributed by atoms with Crippen molar-refractivity contribution in [2.24, 2.45) is 17.8 Å². The van der Waals surface area contributed by atoms with Crippen LogP contribution in [-0.2, 0) is 0 Å². The summed E-state index contributed by atoms with van der Waals surface area (Å²) >= 11 is 0. The van der Waals surface area contributed by atoms with E-state index in [1.54, 1.807) is 0 Å². The number of nitrogens with one attached hydrogen (secondary N) is 1. The third-order valence-corrected chi connectivity index (χ3v) is 5.12. The van der Waals surface area contributed by atoms with Crippen molar-refractivity contribution >= 4 is 0 Å². The Kier molecular flexibility index (Phi) is 5.12. The summed E-state index contributed by atoms with van der Waals surface area (Å²) in [4.78, 5) is 0. The second kappa shape index (κ2) is 6.41. The van der Waals surface area contributed by atoms with Crippen LogP contribution < -0.4 is 5.32 Å². The highest BCUT2D eigenvalue weighted by molar-refractivity contribution is 4.85. The molecule has 0 spiro atoms. The van der Waals surface area contributed by atoms with Gasteiger partial charge in [0.2, 0.25) is 0 Å². The third kappa shape index (κ3) is 4.26. The van der Waals surface area contributed by atoms with E-state index in [2.05, 4.69) is 26.1 Å². The van der Waals surface area contributed by atoms with E-state index >= 15 is 0 Å². The lowest BCUT2D eigenvalue weighted by molar-refractivity contribution is 0.121. The van der Waals surface area contributed by atoms with Gasteiger partial charge in [-0.25, -0.2) is 0 Å². The Morgan fingerprint density at radius 3 is 2.11 bits per heavy atom. The Morgan fingerprint density at radius 1 is 0.833 bits per heavy atom. The summed E-state index contributed by atoms with van der Waals surface area (Å²) in [6.45, 7) is 8.15. The van der Waals surface area contributed by atoms with Crippen molar-refractivity contribution < 1.29 is 0 Å². The molecule has 0 radical (unpaired) electrons. The van der Waals surface area contributed by atoms with Crippen molar-refractivity contribution in [3.8, 4) is 0 Å². The average Bonchev–Trinajstić information content (AvgIpc) is 2.37. The highest BCUT2D eigenvalue weighted by Gasteiger charge is 2.32. The second-order valence-electron chi connectivity index (χ2n) is 7.74. The summed E-state index contributed by atoms with van der Waals surface area (Å²) in [6, 6.07) is 0. The highest BCUT2D eigenvalue weighted by atomic mass is 14.9. The molecule has 0 aromatic rings. The molecule has 0 heterocycles. The quantitative estimate of drug-likeness (QED) is 0.762. The maximum absolute atomic E-state index is 3.76. The minimum atomic E-state index is 0.286. The predicted molar refractivity (Wildman–Crippen MR) is 79.8 cm³/mol. The fraction of sp³-hybridized carbons (Fsp3) is 1.00. The summed E-state index contributed by atoms with van der Waals surface area (Å²) in [7, 11) is 0. The van der Waals surface area contributed by atoms with Gasteiger partial charge in [-0.15, -0.1) is 0 Å². The second-order valence-corrected chi connectivity index (χ2v) is 7.74. The molecule has 106 valence electrons. The van der Waals surface area contributed by atoms with E-state index in [4.69, 9.17) is 0 Å². The Labute approximate surface area is 114 Å². The van der Waals surface area contributed by atoms with Gasteiger partial charge in [0.25, 0.3) is 0 Å². The zero-order chi connectivity index (χ0) is 13.0. The van der Waals surface area contributed by atoms with Crippen LogP contribution in [0.1, 0.15) is 78.6 Å². The van der Waals surface area contributed by atoms with E-state index in [1.165, 1.54) is 64.3 Å². The van der Waals surface area contributed by atoms with Crippen LogP contribution in [0.4, 0.5) is 0 Å². The molecule has 0 aromatic carbocycles. The van der Waals surface area contributed by atoms with Gasteiger partial charge in [-0.1, -0.05) is 44.9 Å². The molecular weight excluding hydrogens is 218 g/mol. The van der Waals surface area contributed by atoms with Crippen LogP contribution in [0, 0.1) is 17.8 Å². The molecule has 18 heavy (non-hydrogen) atoms. The van der Waals surface area contributed by atoms with Gasteiger partial charge in [0.05, 0.1) is 0 Å². The largest absolute Gasteiger partial charge is 0.312 e. The molecule has 0 aromatic heterocycles. The lowest BCUT2D eigenvalue weighted by Crippen LogP contribution is -2.43. The van der Waals surface area contributed by atoms with Crippen LogP contribution in [0.5, 0.6) is 0 Å². The minimum Gasteiger partial charge on any atom is -0.312 e. The molecule has 2 atom stereocenters. The van der Waals surface area contributed by atoms with Crippen molar-refractivity contribution in [2.45, 2.75) is 84.1 Å². The van der Waals surface area contributed by atoms with Crippen LogP contribution >= 0.6 is 0 Å². The van der Waals surface area contributed by atoms with Crippen LogP contribution in [-0.4, -0.2) is 12.1 Å². The van der Waals surface area contributed by atoms with Crippen LogP contribution in [0.15, 0.2) is 0 Å². The molecule has 1 N–H and O–H groups in total. The fourth-order valence-corrected chi connectivity index (χ4v) is 4.11. The van der Waals surface area contributed by atoms with Gasteiger partial charge in [0.15, 0.2) is 0 Å². The topological polar surface area (TPSA) is 12.0 Å². The minimum absolute atomic E-state index is 0.286. The summed E-state index contributed by atoms with van der Waals surface area (Å²) in [5.74, 6) is 3.06. The number of rotatable bonds is 3. The molecule has 2 saturated carbocycles. The molecule has 2 fully saturated rings. The van der Waals surface area contributed by atoms with Crippen LogP contribution in [0.3, 0.4) is 0 Å². The van der Waals surface area contributed by atoms with Gasteiger partial charge in [-0.2, -0.15) is 0 Å². The van der Waals surface area contributed by atoms with E-state index in [0.717, 1.165) is 17.8 Å². The molecular formula is C17H33N. The van der Waals surface area contributed by atoms with Crippen molar-refractivity contribution in [2.75, 3.05) is 6.54 Å². The van der Waals surface area contributed by atoms with E-state index in [1.807, 2.05) is 0 Å². The average molecular weight is 251 g/mol. The van der Waals surface area contributed by atoms with Crippen molar-refractivity contribution in [1.82, 2.24) is 5.32 Å². The standard InChI is InChI=1S/C17H33N/c1-17(2,3)18-13-15-11-7-8-12-16(15)14-9-5-4-6-10-14/h14-16,18H,4-13H2,1-3H3. The highest BCUT2D eigenvalue weighted by Crippen LogP contribution is 2.41. The first-order valence-electron chi connectivity index (χ1n) is 8.31. The summed E-state index contributed by atoms with van der Waals surface area (Å²) in [6.07, 6.45) is 13.5. The van der Waals surface area contributed by atoms with Crippen LogP contribution in [0.2, 0.25) is 0 Å². The first-order valence-corrected chi connectivity index (χ1v) is 8.31. The smallest absolute Gasteiger partial charge is 0.00966 e. The number of hydrogen-bond donors (Lipinski definition) is 1. The maximum Gasteiger partial charge on any atom is 0.00966 e. The van der Waals surface area contributed by atoms with Crippen molar-refractivity contribution in [3.63, 3.8) is 0 Å². The third-order valence-electron chi connectivity index (χ3n) is 5.12. The normalized spacial score (nSPS) is 31.5. The van der Waals surface area contributed by atoms with Gasteiger partial charge in [0.1, 0.15) is 0 Å². The van der Waals surface area contributed by atoms with Crippen LogP contribution in [0.25, 0.3) is 0 Å². The first-order chi connectivity index (χ1) is 8.56. The molecule has 2 rings (SSSR count). The number of hydrogen-bond acceptors (Lipinski definition) is 1. The summed E-state index contributed by atoms with van der Waals surface area (Å²) < 4.78 is 0. The lowest BCUT2D eigenvalue weighted by atomic mass is 9.68. The maximum atomic E-state index is 3.76. The van der Waals surface area contributed by atoms with E-state index in [0.29, 0.717) is 0 Å². The van der Waals surface area contributed by atoms with E-state index < -0.39 is 0 Å². The molecule has 0 saturated heterocycles. The Morgan fingerprint density at radius 2 is 1.44 bits per heavy atom. The predicted octanol–water partition coefficient (Wildman–Crippen LogP) is 4.76. The van der Waals surface area contributed by atoms with Gasteiger partial charge < -0.3 is 5.32 Å². The molecule has 0 amide bonds. The van der Waals surface area contributed by atoms with E-state index in [9.17, 15) is 0 Å². The molecule has 2 unspecified atom stereocenters. The van der Waals surface area contributed by atoms with Gasteiger partial charge in [-0.05, 0) is 57.9 Å². The summed E-state index contributed by atoms with van der Waals surface area (Å²) in [5, 5.41) is 3.76. The zero-order valence-corrected chi connectivity index (χ0v) is 12.8. The zero-order valence-electron chi connectivity index (χ0n) is 12.8. The Hall–Kier alpha value is -0.0400. The molecule has 0 bridgehead atoms. The van der Waals surface area contributed by atoms with Crippen molar-refractivity contribution in [1.29, 1.82) is 0 Å². The first kappa shape index (κ1) is 14.4. The lowest BCUT2D eigenvalue weighted by Gasteiger charge is -2.40. The molecule has 0 aliphatic heterocycles. The van der Waals surface area contributed by atoms with Gasteiger partial charge in [-0.3, -0.25) is 0 Å². The SMILES string of the molecule is CC(C)(C)NCC1CCCCC1C1CCCCC1. The van der Waals surface area contributed by atoms with Crippen molar-refractivity contribution in [3.05, 3.63) is 0 Å². The Balaban J connectivity index is 1.88. The molecule has 1 nitrogen and oxygen atoms in total. The van der Waals surface area contributed by atoms with Gasteiger partial charge in [0, 0.05) is 5.54 Å². The Bertz CT molecular complexity index is 234. The van der Waals surface area contributed by atoms with E-state index in [-0.39, 0.29) is 5.54 Å².